The Morgan fingerprint density at radius 2 is 1.68 bits per heavy atom. The normalized spacial score (nSPS) is 16.9. The quantitative estimate of drug-likeness (QED) is 0.170. The van der Waals surface area contributed by atoms with E-state index in [4.69, 9.17) is 30.5 Å². The molecule has 0 N–H and O–H groups in total. The molecule has 3 aromatic carbocycles. The minimum atomic E-state index is -0.903. The highest BCUT2D eigenvalue weighted by molar-refractivity contribution is 6.30. The molecule has 0 aromatic heterocycles. The molecule has 210 valence electrons. The third kappa shape index (κ3) is 6.31. The molecule has 0 bridgehead atoms. The second-order valence-corrected chi connectivity index (χ2v) is 10.7. The number of hydrogen-bond acceptors (Lipinski definition) is 7. The minimum Gasteiger partial charge on any atom is -0.489 e. The Kier molecular flexibility index (Phi) is 8.84. The van der Waals surface area contributed by atoms with Crippen LogP contribution in [0.1, 0.15) is 63.2 Å². The number of ketones is 1. The van der Waals surface area contributed by atoms with Gasteiger partial charge < -0.3 is 18.9 Å². The first-order valence-corrected chi connectivity index (χ1v) is 13.6. The SMILES string of the molecule is CCOC(=O)C(Cl)Cc1ccc(OCC2(C)CC(=O)c3c(C)c(OC(=O)c4ccccc4)c(C)c(C)c3O2)cc1. The number of rotatable bonds is 9. The van der Waals surface area contributed by atoms with Crippen molar-refractivity contribution < 1.29 is 33.3 Å². The van der Waals surface area contributed by atoms with Gasteiger partial charge >= 0.3 is 11.9 Å². The fraction of sp³-hybridized carbons (Fsp3) is 0.344. The molecule has 40 heavy (non-hydrogen) atoms. The number of carbonyl (C=O) groups excluding carboxylic acids is 3. The molecule has 1 heterocycles. The minimum absolute atomic E-state index is 0.0982. The van der Waals surface area contributed by atoms with E-state index in [1.165, 1.54) is 0 Å². The Balaban J connectivity index is 1.48. The molecule has 4 rings (SSSR count). The van der Waals surface area contributed by atoms with Crippen molar-refractivity contribution in [3.63, 3.8) is 0 Å². The molecule has 1 aliphatic rings. The summed E-state index contributed by atoms with van der Waals surface area (Å²) in [6.45, 7) is 9.47. The lowest BCUT2D eigenvalue weighted by atomic mass is 9.86. The average Bonchev–Trinajstić information content (AvgIpc) is 2.94. The summed E-state index contributed by atoms with van der Waals surface area (Å²) in [7, 11) is 0. The van der Waals surface area contributed by atoms with E-state index in [0.29, 0.717) is 40.4 Å². The van der Waals surface area contributed by atoms with Crippen LogP contribution in [0.2, 0.25) is 0 Å². The largest absolute Gasteiger partial charge is 0.489 e. The predicted molar refractivity (Wildman–Crippen MR) is 152 cm³/mol. The second kappa shape index (κ2) is 12.1. The van der Waals surface area contributed by atoms with Crippen molar-refractivity contribution in [3.05, 3.63) is 88.0 Å². The van der Waals surface area contributed by atoms with Crippen LogP contribution in [-0.2, 0) is 16.0 Å². The molecule has 2 atom stereocenters. The molecule has 0 fully saturated rings. The van der Waals surface area contributed by atoms with Gasteiger partial charge in [0.25, 0.3) is 0 Å². The summed E-state index contributed by atoms with van der Waals surface area (Å²) in [5.41, 5.74) is 2.87. The van der Waals surface area contributed by atoms with E-state index in [2.05, 4.69) is 0 Å². The van der Waals surface area contributed by atoms with Crippen molar-refractivity contribution in [3.8, 4) is 17.2 Å². The molecular weight excluding hydrogens is 532 g/mol. The van der Waals surface area contributed by atoms with Gasteiger partial charge in [-0.25, -0.2) is 4.79 Å². The number of alkyl halides is 1. The maximum Gasteiger partial charge on any atom is 0.343 e. The van der Waals surface area contributed by atoms with Gasteiger partial charge in [-0.2, -0.15) is 0 Å². The second-order valence-electron chi connectivity index (χ2n) is 10.2. The van der Waals surface area contributed by atoms with Crippen molar-refractivity contribution in [2.45, 2.75) is 58.4 Å². The summed E-state index contributed by atoms with van der Waals surface area (Å²) >= 11 is 6.14. The molecule has 7 nitrogen and oxygen atoms in total. The van der Waals surface area contributed by atoms with Crippen molar-refractivity contribution in [2.24, 2.45) is 0 Å². The highest BCUT2D eigenvalue weighted by atomic mass is 35.5. The average molecular weight is 565 g/mol. The number of fused-ring (bicyclic) bond motifs is 1. The highest BCUT2D eigenvalue weighted by Gasteiger charge is 2.40. The monoisotopic (exact) mass is 564 g/mol. The molecule has 2 unspecified atom stereocenters. The van der Waals surface area contributed by atoms with Crippen LogP contribution >= 0.6 is 11.6 Å². The van der Waals surface area contributed by atoms with E-state index in [1.54, 1.807) is 50.2 Å². The number of halogens is 1. The van der Waals surface area contributed by atoms with E-state index in [1.807, 2.05) is 39.0 Å². The number of carbonyl (C=O) groups is 3. The van der Waals surface area contributed by atoms with Crippen LogP contribution in [0.5, 0.6) is 17.2 Å². The predicted octanol–water partition coefficient (Wildman–Crippen LogP) is 6.35. The number of esters is 2. The van der Waals surface area contributed by atoms with E-state index < -0.39 is 22.9 Å². The number of Topliss-reactive ketones (excluding diaryl/α,β-unsaturated/α-hetero) is 1. The Morgan fingerprint density at radius 1 is 1.00 bits per heavy atom. The summed E-state index contributed by atoms with van der Waals surface area (Å²) in [5, 5.41) is -0.759. The van der Waals surface area contributed by atoms with E-state index in [0.717, 1.165) is 16.7 Å². The standard InChI is InChI=1S/C32H33ClO7/c1-6-37-31(36)25(33)16-22-12-14-24(15-13-22)38-18-32(5)17-26(34)27-21(4)28(19(2)20(3)29(27)40-32)39-30(35)23-10-8-7-9-11-23/h7-15,25H,6,16-18H2,1-5H3. The van der Waals surface area contributed by atoms with E-state index >= 15 is 0 Å². The first kappa shape index (κ1) is 29.2. The summed E-state index contributed by atoms with van der Waals surface area (Å²) in [6.07, 6.45) is 0.439. The zero-order valence-corrected chi connectivity index (χ0v) is 24.1. The van der Waals surface area contributed by atoms with Crippen molar-refractivity contribution in [1.82, 2.24) is 0 Å². The van der Waals surface area contributed by atoms with Gasteiger partial charge in [0.2, 0.25) is 0 Å². The number of ether oxygens (including phenoxy) is 4. The fourth-order valence-electron chi connectivity index (χ4n) is 4.71. The van der Waals surface area contributed by atoms with Gasteiger partial charge in [0.15, 0.2) is 5.78 Å². The van der Waals surface area contributed by atoms with E-state index in [9.17, 15) is 14.4 Å². The van der Waals surface area contributed by atoms with Gasteiger partial charge in [-0.15, -0.1) is 11.6 Å². The molecule has 3 aromatic rings. The summed E-state index contributed by atoms with van der Waals surface area (Å²) in [6, 6.07) is 16.0. The highest BCUT2D eigenvalue weighted by Crippen LogP contribution is 2.44. The Labute approximate surface area is 239 Å². The Bertz CT molecular complexity index is 1420. The van der Waals surface area contributed by atoms with Gasteiger partial charge in [0, 0.05) is 5.56 Å². The van der Waals surface area contributed by atoms with Crippen LogP contribution in [0.4, 0.5) is 0 Å². The Hall–Kier alpha value is -3.84. The molecule has 0 saturated carbocycles. The maximum absolute atomic E-state index is 13.4. The van der Waals surface area contributed by atoms with Crippen molar-refractivity contribution in [2.75, 3.05) is 13.2 Å². The number of hydrogen-bond donors (Lipinski definition) is 0. The van der Waals surface area contributed by atoms with Gasteiger partial charge in [0.05, 0.1) is 24.2 Å². The zero-order valence-electron chi connectivity index (χ0n) is 23.3. The van der Waals surface area contributed by atoms with Gasteiger partial charge in [-0.05, 0) is 82.0 Å². The van der Waals surface area contributed by atoms with Crippen molar-refractivity contribution >= 4 is 29.3 Å². The lowest BCUT2D eigenvalue weighted by Crippen LogP contribution is -2.45. The zero-order chi connectivity index (χ0) is 29.0. The smallest absolute Gasteiger partial charge is 0.343 e. The number of benzene rings is 3. The van der Waals surface area contributed by atoms with Gasteiger partial charge in [0.1, 0.15) is 34.8 Å². The third-order valence-electron chi connectivity index (χ3n) is 6.98. The first-order chi connectivity index (χ1) is 19.0. The topological polar surface area (TPSA) is 88.1 Å². The lowest BCUT2D eigenvalue weighted by molar-refractivity contribution is -0.142. The Morgan fingerprint density at radius 3 is 2.33 bits per heavy atom. The molecule has 0 saturated heterocycles. The third-order valence-corrected chi connectivity index (χ3v) is 7.31. The molecular formula is C32H33ClO7. The van der Waals surface area contributed by atoms with Crippen LogP contribution in [0.15, 0.2) is 54.6 Å². The van der Waals surface area contributed by atoms with Gasteiger partial charge in [-0.1, -0.05) is 30.3 Å². The van der Waals surface area contributed by atoms with Crippen LogP contribution in [0.3, 0.4) is 0 Å². The fourth-order valence-corrected chi connectivity index (χ4v) is 4.95. The first-order valence-electron chi connectivity index (χ1n) is 13.2. The van der Waals surface area contributed by atoms with Crippen molar-refractivity contribution in [1.29, 1.82) is 0 Å². The molecule has 0 amide bonds. The molecule has 0 aliphatic carbocycles. The van der Waals surface area contributed by atoms with Gasteiger partial charge in [-0.3, -0.25) is 9.59 Å². The van der Waals surface area contributed by atoms with Crippen LogP contribution in [-0.4, -0.2) is 41.9 Å². The summed E-state index contributed by atoms with van der Waals surface area (Å²) in [5.74, 6) is 0.429. The lowest BCUT2D eigenvalue weighted by Gasteiger charge is -2.37. The molecule has 0 spiro atoms. The maximum atomic E-state index is 13.4. The molecule has 0 radical (unpaired) electrons. The van der Waals surface area contributed by atoms with E-state index in [-0.39, 0.29) is 25.4 Å². The molecule has 8 heteroatoms. The van der Waals surface area contributed by atoms with Crippen LogP contribution < -0.4 is 14.2 Å². The summed E-state index contributed by atoms with van der Waals surface area (Å²) in [4.78, 5) is 38.0. The van der Waals surface area contributed by atoms with Crippen LogP contribution in [0, 0.1) is 20.8 Å². The van der Waals surface area contributed by atoms with Crippen LogP contribution in [0.25, 0.3) is 0 Å². The summed E-state index contributed by atoms with van der Waals surface area (Å²) < 4.78 is 23.2. The molecule has 1 aliphatic heterocycles.